The number of halogens is 1. The second kappa shape index (κ2) is 4.31. The maximum Gasteiger partial charge on any atom is 0.296 e. The minimum Gasteiger partial charge on any atom is -0.447 e. The molecule has 80 valence electrons. The first-order valence-electron chi connectivity index (χ1n) is 4.28. The first-order chi connectivity index (χ1) is 6.66. The fraction of sp³-hybridized carbons (Fsp3) is 0.200. The van der Waals surface area contributed by atoms with Gasteiger partial charge in [-0.15, -0.1) is 12.4 Å². The smallest absolute Gasteiger partial charge is 0.296 e. The van der Waals surface area contributed by atoms with Gasteiger partial charge in [-0.05, 0) is 6.92 Å². The number of hydrogen-bond donors (Lipinski definition) is 1. The van der Waals surface area contributed by atoms with E-state index in [9.17, 15) is 4.79 Å². The first kappa shape index (κ1) is 11.5. The van der Waals surface area contributed by atoms with E-state index in [2.05, 4.69) is 4.99 Å². The van der Waals surface area contributed by atoms with Crippen molar-refractivity contribution in [3.63, 3.8) is 0 Å². The quantitative estimate of drug-likeness (QED) is 0.786. The van der Waals surface area contributed by atoms with Crippen LogP contribution in [0.4, 0.5) is 0 Å². The van der Waals surface area contributed by atoms with E-state index in [1.54, 1.807) is 0 Å². The van der Waals surface area contributed by atoms with E-state index >= 15 is 0 Å². The Morgan fingerprint density at radius 1 is 1.33 bits per heavy atom. The average molecular weight is 227 g/mol. The molecule has 15 heavy (non-hydrogen) atoms. The highest BCUT2D eigenvalue weighted by atomic mass is 35.5. The third-order valence-electron chi connectivity index (χ3n) is 2.06. The van der Waals surface area contributed by atoms with Crippen LogP contribution in [0.25, 0.3) is 0 Å². The van der Waals surface area contributed by atoms with Crippen molar-refractivity contribution in [2.24, 2.45) is 10.7 Å². The van der Waals surface area contributed by atoms with E-state index in [0.717, 1.165) is 11.1 Å². The number of amides is 1. The summed E-state index contributed by atoms with van der Waals surface area (Å²) in [7, 11) is 0. The highest BCUT2D eigenvalue weighted by Crippen LogP contribution is 2.23. The summed E-state index contributed by atoms with van der Waals surface area (Å²) >= 11 is 0. The number of ether oxygens (including phenoxy) is 1. The molecule has 1 aromatic carbocycles. The number of carbonyl (C=O) groups excluding carboxylic acids is 1. The van der Waals surface area contributed by atoms with Crippen molar-refractivity contribution in [3.8, 4) is 0 Å². The first-order valence-corrected chi connectivity index (χ1v) is 4.28. The zero-order valence-electron chi connectivity index (χ0n) is 8.14. The Morgan fingerprint density at radius 3 is 2.40 bits per heavy atom. The van der Waals surface area contributed by atoms with Gasteiger partial charge >= 0.3 is 0 Å². The summed E-state index contributed by atoms with van der Waals surface area (Å²) < 4.78 is 5.08. The number of nitrogens with two attached hydrogens (primary N) is 1. The van der Waals surface area contributed by atoms with Crippen LogP contribution in [0.5, 0.6) is 0 Å². The average Bonchev–Trinajstić information content (AvgIpc) is 2.47. The number of rotatable bonds is 1. The fourth-order valence-electron chi connectivity index (χ4n) is 1.32. The second-order valence-electron chi connectivity index (χ2n) is 3.20. The normalized spacial score (nSPS) is 19.1. The third-order valence-corrected chi connectivity index (χ3v) is 2.06. The van der Waals surface area contributed by atoms with E-state index in [1.807, 2.05) is 31.2 Å². The summed E-state index contributed by atoms with van der Waals surface area (Å²) in [5.74, 6) is -0.341. The Balaban J connectivity index is 0.00000112. The van der Waals surface area contributed by atoms with E-state index in [-0.39, 0.29) is 24.3 Å². The van der Waals surface area contributed by atoms with Crippen LogP contribution in [0.15, 0.2) is 29.3 Å². The molecule has 0 saturated carbocycles. The van der Waals surface area contributed by atoms with Gasteiger partial charge in [0.15, 0.2) is 0 Å². The summed E-state index contributed by atoms with van der Waals surface area (Å²) in [5, 5.41) is 0. The predicted octanol–water partition coefficient (Wildman–Crippen LogP) is 1.33. The molecule has 0 radical (unpaired) electrons. The van der Waals surface area contributed by atoms with Crippen LogP contribution in [0.3, 0.4) is 0 Å². The zero-order chi connectivity index (χ0) is 10.1. The molecule has 1 aromatic rings. The summed E-state index contributed by atoms with van der Waals surface area (Å²) in [6.45, 7) is 1.98. The van der Waals surface area contributed by atoms with Crippen molar-refractivity contribution >= 4 is 24.3 Å². The Labute approximate surface area is 93.5 Å². The van der Waals surface area contributed by atoms with Gasteiger partial charge in [0, 0.05) is 5.56 Å². The highest BCUT2D eigenvalue weighted by Gasteiger charge is 2.28. The Bertz CT molecular complexity index is 400. The van der Waals surface area contributed by atoms with E-state index in [4.69, 9.17) is 10.5 Å². The summed E-state index contributed by atoms with van der Waals surface area (Å²) in [5.41, 5.74) is 7.20. The number of benzene rings is 1. The second-order valence-corrected chi connectivity index (χ2v) is 3.20. The molecule has 1 heterocycles. The lowest BCUT2D eigenvalue weighted by Crippen LogP contribution is -2.13. The van der Waals surface area contributed by atoms with Gasteiger partial charge in [0.1, 0.15) is 0 Å². The monoisotopic (exact) mass is 226 g/mol. The Hall–Kier alpha value is -1.55. The number of carbonyl (C=O) groups is 1. The molecule has 0 aliphatic carbocycles. The molecule has 2 rings (SSSR count). The minimum absolute atomic E-state index is 0. The van der Waals surface area contributed by atoms with E-state index in [0.29, 0.717) is 0 Å². The molecule has 1 aliphatic rings. The predicted molar refractivity (Wildman–Crippen MR) is 58.9 cm³/mol. The summed E-state index contributed by atoms with van der Waals surface area (Å²) in [6, 6.07) is 7.46. The van der Waals surface area contributed by atoms with Gasteiger partial charge in [-0.25, -0.2) is 0 Å². The maximum absolute atomic E-state index is 11.3. The third kappa shape index (κ3) is 2.27. The van der Waals surface area contributed by atoms with E-state index in [1.165, 1.54) is 0 Å². The number of aliphatic imine (C=N–C) groups is 1. The van der Waals surface area contributed by atoms with Gasteiger partial charge in [0.05, 0.1) is 0 Å². The summed E-state index contributed by atoms with van der Waals surface area (Å²) in [4.78, 5) is 14.8. The molecule has 0 fully saturated rings. The topological polar surface area (TPSA) is 64.7 Å². The molecule has 0 spiro atoms. The van der Waals surface area contributed by atoms with Crippen LogP contribution in [0, 0.1) is 6.92 Å². The highest BCUT2D eigenvalue weighted by molar-refractivity contribution is 5.98. The molecular formula is C10H11ClN2O2. The SMILES string of the molecule is Cc1ccc(C2OC(N)=NC2=O)cc1.Cl. The zero-order valence-corrected chi connectivity index (χ0v) is 8.95. The van der Waals surface area contributed by atoms with Crippen molar-refractivity contribution in [1.29, 1.82) is 0 Å². The van der Waals surface area contributed by atoms with Gasteiger partial charge in [0.2, 0.25) is 6.10 Å². The summed E-state index contributed by atoms with van der Waals surface area (Å²) in [6.07, 6.45) is -0.657. The van der Waals surface area contributed by atoms with Crippen molar-refractivity contribution in [1.82, 2.24) is 0 Å². The van der Waals surface area contributed by atoms with Crippen LogP contribution in [0.1, 0.15) is 17.2 Å². The molecule has 1 aliphatic heterocycles. The lowest BCUT2D eigenvalue weighted by molar-refractivity contribution is -0.122. The molecule has 0 aromatic heterocycles. The van der Waals surface area contributed by atoms with Crippen molar-refractivity contribution < 1.29 is 9.53 Å². The van der Waals surface area contributed by atoms with Gasteiger partial charge < -0.3 is 10.5 Å². The van der Waals surface area contributed by atoms with Crippen LogP contribution < -0.4 is 5.73 Å². The molecule has 1 atom stereocenters. The lowest BCUT2D eigenvalue weighted by atomic mass is 10.1. The molecular weight excluding hydrogens is 216 g/mol. The molecule has 4 nitrogen and oxygen atoms in total. The molecule has 1 amide bonds. The molecule has 5 heteroatoms. The minimum atomic E-state index is -0.657. The number of aryl methyl sites for hydroxylation is 1. The molecule has 0 bridgehead atoms. The van der Waals surface area contributed by atoms with E-state index < -0.39 is 6.10 Å². The van der Waals surface area contributed by atoms with Crippen LogP contribution in [0.2, 0.25) is 0 Å². The Kier molecular flexibility index (Phi) is 3.31. The van der Waals surface area contributed by atoms with Crippen LogP contribution in [-0.2, 0) is 9.53 Å². The number of hydrogen-bond acceptors (Lipinski definition) is 3. The van der Waals surface area contributed by atoms with Gasteiger partial charge in [-0.1, -0.05) is 29.8 Å². The van der Waals surface area contributed by atoms with Gasteiger partial charge in [0.25, 0.3) is 11.9 Å². The van der Waals surface area contributed by atoms with Crippen molar-refractivity contribution in [3.05, 3.63) is 35.4 Å². The van der Waals surface area contributed by atoms with Crippen molar-refractivity contribution in [2.45, 2.75) is 13.0 Å². The van der Waals surface area contributed by atoms with Crippen LogP contribution in [-0.4, -0.2) is 11.9 Å². The molecule has 0 saturated heterocycles. The Morgan fingerprint density at radius 2 is 1.93 bits per heavy atom. The molecule has 2 N–H and O–H groups in total. The van der Waals surface area contributed by atoms with Crippen LogP contribution >= 0.6 is 12.4 Å². The van der Waals surface area contributed by atoms with Crippen molar-refractivity contribution in [2.75, 3.05) is 0 Å². The fourth-order valence-corrected chi connectivity index (χ4v) is 1.32. The molecule has 1 unspecified atom stereocenters. The lowest BCUT2D eigenvalue weighted by Gasteiger charge is -2.08. The largest absolute Gasteiger partial charge is 0.447 e. The maximum atomic E-state index is 11.3. The number of nitrogens with zero attached hydrogens (tertiary/aromatic N) is 1. The van der Waals surface area contributed by atoms with Gasteiger partial charge in [-0.2, -0.15) is 4.99 Å². The van der Waals surface area contributed by atoms with Gasteiger partial charge in [-0.3, -0.25) is 4.79 Å². The number of amidine groups is 1. The standard InChI is InChI=1S/C10H10N2O2.ClH/c1-6-2-4-7(5-3-6)8-9(13)12-10(11)14-8;/h2-5,8H,1H3,(H2,11,12,13);1H.